The molecule has 1 aromatic rings. The lowest BCUT2D eigenvalue weighted by Crippen LogP contribution is -2.04. The van der Waals surface area contributed by atoms with Gasteiger partial charge in [-0.15, -0.1) is 0 Å². The summed E-state index contributed by atoms with van der Waals surface area (Å²) in [5.41, 5.74) is 1.71. The van der Waals surface area contributed by atoms with Gasteiger partial charge in [0.2, 0.25) is 0 Å². The van der Waals surface area contributed by atoms with E-state index in [0.29, 0.717) is 23.8 Å². The number of rotatable bonds is 5. The maximum Gasteiger partial charge on any atom is 0.163 e. The minimum atomic E-state index is 0.214. The van der Waals surface area contributed by atoms with Crippen LogP contribution in [0.5, 0.6) is 11.5 Å². The molecule has 0 heterocycles. The van der Waals surface area contributed by atoms with Crippen molar-refractivity contribution in [2.45, 2.75) is 26.2 Å². The first-order chi connectivity index (χ1) is 8.15. The molecule has 3 nitrogen and oxygen atoms in total. The van der Waals surface area contributed by atoms with Crippen LogP contribution in [0.2, 0.25) is 0 Å². The number of hydrogen-bond acceptors (Lipinski definition) is 3. The van der Waals surface area contributed by atoms with E-state index in [-0.39, 0.29) is 5.78 Å². The van der Waals surface area contributed by atoms with Crippen LogP contribution < -0.4 is 9.47 Å². The molecular formula is C14H18O3. The standard InChI is InChI=1S/C14H18O3/c1-9-6-13(16-2)14(17-3)8-11(9)12(15)7-10-4-5-10/h6,8,10H,4-5,7H2,1-3H3. The van der Waals surface area contributed by atoms with Gasteiger partial charge in [0.05, 0.1) is 14.2 Å². The summed E-state index contributed by atoms with van der Waals surface area (Å²) in [5, 5.41) is 0. The third-order valence-electron chi connectivity index (χ3n) is 3.20. The van der Waals surface area contributed by atoms with Crippen molar-refractivity contribution in [1.82, 2.24) is 0 Å². The van der Waals surface area contributed by atoms with Crippen molar-refractivity contribution < 1.29 is 14.3 Å². The van der Waals surface area contributed by atoms with Gasteiger partial charge in [0.1, 0.15) is 0 Å². The van der Waals surface area contributed by atoms with E-state index in [0.717, 1.165) is 11.1 Å². The molecule has 17 heavy (non-hydrogen) atoms. The van der Waals surface area contributed by atoms with Crippen LogP contribution in [-0.4, -0.2) is 20.0 Å². The Kier molecular flexibility index (Phi) is 3.36. The predicted octanol–water partition coefficient (Wildman–Crippen LogP) is 3.00. The number of carbonyl (C=O) groups is 1. The molecule has 2 rings (SSSR count). The van der Waals surface area contributed by atoms with Crippen molar-refractivity contribution in [3.63, 3.8) is 0 Å². The van der Waals surface area contributed by atoms with E-state index in [1.54, 1.807) is 20.3 Å². The summed E-state index contributed by atoms with van der Waals surface area (Å²) < 4.78 is 10.4. The first-order valence-electron chi connectivity index (χ1n) is 5.91. The zero-order valence-corrected chi connectivity index (χ0v) is 10.6. The monoisotopic (exact) mass is 234 g/mol. The van der Waals surface area contributed by atoms with Gasteiger partial charge in [-0.1, -0.05) is 0 Å². The molecule has 92 valence electrons. The Bertz CT molecular complexity index is 433. The summed E-state index contributed by atoms with van der Waals surface area (Å²) >= 11 is 0. The Balaban J connectivity index is 2.28. The van der Waals surface area contributed by atoms with Gasteiger partial charge >= 0.3 is 0 Å². The first kappa shape index (κ1) is 12.0. The summed E-state index contributed by atoms with van der Waals surface area (Å²) in [7, 11) is 3.19. The van der Waals surface area contributed by atoms with E-state index in [9.17, 15) is 4.79 Å². The fourth-order valence-electron chi connectivity index (χ4n) is 1.98. The number of ketones is 1. The fourth-order valence-corrected chi connectivity index (χ4v) is 1.98. The average molecular weight is 234 g/mol. The summed E-state index contributed by atoms with van der Waals surface area (Å²) in [6.07, 6.45) is 3.05. The smallest absolute Gasteiger partial charge is 0.163 e. The highest BCUT2D eigenvalue weighted by Crippen LogP contribution is 2.36. The van der Waals surface area contributed by atoms with Crippen molar-refractivity contribution >= 4 is 5.78 Å². The van der Waals surface area contributed by atoms with Crippen LogP contribution in [0.1, 0.15) is 35.2 Å². The van der Waals surface area contributed by atoms with Crippen LogP contribution in [-0.2, 0) is 0 Å². The van der Waals surface area contributed by atoms with E-state index in [4.69, 9.17) is 9.47 Å². The number of methoxy groups -OCH3 is 2. The minimum absolute atomic E-state index is 0.214. The van der Waals surface area contributed by atoms with Crippen LogP contribution in [0, 0.1) is 12.8 Å². The highest BCUT2D eigenvalue weighted by atomic mass is 16.5. The molecule has 0 atom stereocenters. The Morgan fingerprint density at radius 2 is 1.82 bits per heavy atom. The third kappa shape index (κ3) is 2.60. The Morgan fingerprint density at radius 3 is 2.35 bits per heavy atom. The van der Waals surface area contributed by atoms with Gasteiger partial charge in [0.15, 0.2) is 17.3 Å². The molecule has 0 aliphatic heterocycles. The van der Waals surface area contributed by atoms with Crippen LogP contribution >= 0.6 is 0 Å². The van der Waals surface area contributed by atoms with Gasteiger partial charge in [-0.05, 0) is 43.4 Å². The van der Waals surface area contributed by atoms with E-state index in [2.05, 4.69) is 0 Å². The Hall–Kier alpha value is -1.51. The molecule has 3 heteroatoms. The highest BCUT2D eigenvalue weighted by Gasteiger charge is 2.26. The summed E-state index contributed by atoms with van der Waals surface area (Å²) in [6, 6.07) is 3.65. The Labute approximate surface area is 102 Å². The minimum Gasteiger partial charge on any atom is -0.493 e. The molecule has 1 saturated carbocycles. The second-order valence-corrected chi connectivity index (χ2v) is 4.59. The van der Waals surface area contributed by atoms with E-state index >= 15 is 0 Å². The van der Waals surface area contributed by atoms with Crippen LogP contribution in [0.4, 0.5) is 0 Å². The van der Waals surface area contributed by atoms with Crippen molar-refractivity contribution in [3.05, 3.63) is 23.3 Å². The van der Waals surface area contributed by atoms with Crippen molar-refractivity contribution in [2.24, 2.45) is 5.92 Å². The quantitative estimate of drug-likeness (QED) is 0.735. The molecule has 0 unspecified atom stereocenters. The molecule has 0 spiro atoms. The van der Waals surface area contributed by atoms with Crippen molar-refractivity contribution in [3.8, 4) is 11.5 Å². The highest BCUT2D eigenvalue weighted by molar-refractivity contribution is 5.98. The van der Waals surface area contributed by atoms with Gasteiger partial charge in [0, 0.05) is 12.0 Å². The molecule has 0 bridgehead atoms. The number of carbonyl (C=O) groups excluding carboxylic acids is 1. The summed E-state index contributed by atoms with van der Waals surface area (Å²) in [5.74, 6) is 2.12. The molecule has 1 fully saturated rings. The lowest BCUT2D eigenvalue weighted by Gasteiger charge is -2.11. The van der Waals surface area contributed by atoms with Crippen molar-refractivity contribution in [2.75, 3.05) is 14.2 Å². The van der Waals surface area contributed by atoms with Gasteiger partial charge in [-0.3, -0.25) is 4.79 Å². The second-order valence-electron chi connectivity index (χ2n) is 4.59. The number of hydrogen-bond donors (Lipinski definition) is 0. The topological polar surface area (TPSA) is 35.5 Å². The average Bonchev–Trinajstić information content (AvgIpc) is 3.12. The van der Waals surface area contributed by atoms with Crippen LogP contribution in [0.3, 0.4) is 0 Å². The number of ether oxygens (including phenoxy) is 2. The number of benzene rings is 1. The van der Waals surface area contributed by atoms with E-state index in [1.807, 2.05) is 13.0 Å². The zero-order chi connectivity index (χ0) is 12.4. The fraction of sp³-hybridized carbons (Fsp3) is 0.500. The largest absolute Gasteiger partial charge is 0.493 e. The molecule has 0 aromatic heterocycles. The number of aryl methyl sites for hydroxylation is 1. The summed E-state index contributed by atoms with van der Waals surface area (Å²) in [4.78, 5) is 12.1. The van der Waals surface area contributed by atoms with Gasteiger partial charge < -0.3 is 9.47 Å². The maximum atomic E-state index is 12.1. The maximum absolute atomic E-state index is 12.1. The van der Waals surface area contributed by atoms with Crippen LogP contribution in [0.25, 0.3) is 0 Å². The predicted molar refractivity (Wildman–Crippen MR) is 66.0 cm³/mol. The Morgan fingerprint density at radius 1 is 1.24 bits per heavy atom. The van der Waals surface area contributed by atoms with Gasteiger partial charge in [-0.2, -0.15) is 0 Å². The third-order valence-corrected chi connectivity index (χ3v) is 3.20. The molecule has 0 N–H and O–H groups in total. The van der Waals surface area contributed by atoms with Crippen LogP contribution in [0.15, 0.2) is 12.1 Å². The lowest BCUT2D eigenvalue weighted by atomic mass is 10.00. The normalized spacial score (nSPS) is 14.5. The molecule has 1 aromatic carbocycles. The van der Waals surface area contributed by atoms with Gasteiger partial charge in [0.25, 0.3) is 0 Å². The molecule has 0 saturated heterocycles. The summed E-state index contributed by atoms with van der Waals surface area (Å²) in [6.45, 7) is 1.93. The van der Waals surface area contributed by atoms with Gasteiger partial charge in [-0.25, -0.2) is 0 Å². The van der Waals surface area contributed by atoms with E-state index < -0.39 is 0 Å². The molecule has 0 amide bonds. The SMILES string of the molecule is COc1cc(C)c(C(=O)CC2CC2)cc1OC. The first-order valence-corrected chi connectivity index (χ1v) is 5.91. The molecule has 1 aliphatic rings. The zero-order valence-electron chi connectivity index (χ0n) is 10.6. The molecule has 1 aliphatic carbocycles. The lowest BCUT2D eigenvalue weighted by molar-refractivity contribution is 0.0975. The molecule has 0 radical (unpaired) electrons. The molecular weight excluding hydrogens is 216 g/mol. The number of Topliss-reactive ketones (excluding diaryl/α,β-unsaturated/α-hetero) is 1. The second kappa shape index (κ2) is 4.78. The van der Waals surface area contributed by atoms with E-state index in [1.165, 1.54) is 12.8 Å². The van der Waals surface area contributed by atoms with Crippen molar-refractivity contribution in [1.29, 1.82) is 0 Å².